The smallest absolute Gasteiger partial charge is 0.327 e. The van der Waals surface area contributed by atoms with Crippen molar-refractivity contribution in [3.63, 3.8) is 0 Å². The Morgan fingerprint density at radius 3 is 2.11 bits per heavy atom. The Labute approximate surface area is 251 Å². The molecule has 1 aliphatic heterocycles. The third-order valence-electron chi connectivity index (χ3n) is 7.88. The highest BCUT2D eigenvalue weighted by Gasteiger charge is 2.42. The third kappa shape index (κ3) is 5.19. The molecule has 6 rings (SSSR count). The summed E-state index contributed by atoms with van der Waals surface area (Å²) < 4.78 is 25.4. The molecule has 0 amide bonds. The molecule has 1 saturated heterocycles. The van der Waals surface area contributed by atoms with Gasteiger partial charge in [-0.05, 0) is 41.0 Å². The quantitative estimate of drug-likeness (QED) is 0.188. The Balaban J connectivity index is 1.39. The summed E-state index contributed by atoms with van der Waals surface area (Å²) in [5.41, 5.74) is -0.295. The number of aromatic nitrogens is 4. The van der Waals surface area contributed by atoms with Crippen LogP contribution in [-0.4, -0.2) is 57.7 Å². The van der Waals surface area contributed by atoms with Crippen LogP contribution in [0.3, 0.4) is 0 Å². The minimum Gasteiger partial charge on any atom is -0.497 e. The van der Waals surface area contributed by atoms with Crippen molar-refractivity contribution in [2.45, 2.75) is 30.5 Å². The maximum Gasteiger partial charge on any atom is 0.327 e. The molecule has 44 heavy (non-hydrogen) atoms. The second kappa shape index (κ2) is 11.9. The van der Waals surface area contributed by atoms with Gasteiger partial charge in [-0.25, -0.2) is 9.78 Å². The van der Waals surface area contributed by atoms with Crippen LogP contribution in [0.5, 0.6) is 11.5 Å². The van der Waals surface area contributed by atoms with Gasteiger partial charge in [0, 0.05) is 6.42 Å². The van der Waals surface area contributed by atoms with Gasteiger partial charge in [0.1, 0.15) is 46.8 Å². The van der Waals surface area contributed by atoms with Gasteiger partial charge >= 0.3 is 5.69 Å². The Morgan fingerprint density at radius 1 is 0.932 bits per heavy atom. The van der Waals surface area contributed by atoms with Crippen molar-refractivity contribution in [3.05, 3.63) is 128 Å². The first kappa shape index (κ1) is 29.1. The first-order chi connectivity index (χ1) is 21.3. The predicted octanol–water partition coefficient (Wildman–Crippen LogP) is 2.57. The number of H-pyrrole nitrogens is 2. The number of methoxy groups -OCH3 is 2. The van der Waals surface area contributed by atoms with E-state index in [-0.39, 0.29) is 29.5 Å². The fourth-order valence-electron chi connectivity index (χ4n) is 5.67. The Morgan fingerprint density at radius 2 is 1.52 bits per heavy atom. The van der Waals surface area contributed by atoms with Crippen molar-refractivity contribution in [2.75, 3.05) is 20.8 Å². The van der Waals surface area contributed by atoms with E-state index in [0.717, 1.165) is 16.7 Å². The van der Waals surface area contributed by atoms with Crippen LogP contribution in [0.2, 0.25) is 0 Å². The van der Waals surface area contributed by atoms with Crippen LogP contribution in [0.15, 0.2) is 94.8 Å². The van der Waals surface area contributed by atoms with Gasteiger partial charge < -0.3 is 24.1 Å². The summed E-state index contributed by atoms with van der Waals surface area (Å²) in [5, 5.41) is 19.1. The lowest BCUT2D eigenvalue weighted by molar-refractivity contribution is -0.0932. The minimum atomic E-state index is -1.12. The van der Waals surface area contributed by atoms with Crippen molar-refractivity contribution >= 4 is 11.0 Å². The van der Waals surface area contributed by atoms with Crippen molar-refractivity contribution in [1.82, 2.24) is 19.5 Å². The number of fused-ring (bicyclic) bond motifs is 1. The molecule has 2 aromatic heterocycles. The summed E-state index contributed by atoms with van der Waals surface area (Å²) in [5.74, 6) is 1.38. The maximum atomic E-state index is 12.4. The molecule has 0 spiro atoms. The Bertz CT molecular complexity index is 1890. The van der Waals surface area contributed by atoms with Gasteiger partial charge in [0.25, 0.3) is 5.56 Å². The number of aromatic amines is 2. The zero-order valence-corrected chi connectivity index (χ0v) is 24.0. The molecule has 12 heteroatoms. The maximum absolute atomic E-state index is 12.4. The topological polar surface area (TPSA) is 165 Å². The zero-order chi connectivity index (χ0) is 30.8. The van der Waals surface area contributed by atoms with E-state index >= 15 is 0 Å². The molecule has 0 aliphatic carbocycles. The number of nitrogens with one attached hydrogen (secondary N) is 3. The van der Waals surface area contributed by atoms with Crippen molar-refractivity contribution in [2.24, 2.45) is 0 Å². The molecule has 3 aromatic carbocycles. The minimum absolute atomic E-state index is 0.0236. The van der Waals surface area contributed by atoms with Gasteiger partial charge in [-0.2, -0.15) is 0 Å². The molecule has 0 unspecified atom stereocenters. The standard InChI is InChI=1S/C32H31N5O7/c1-41-22-12-8-20(9-13-22)32(19-6-4-3-5-7-19,21-10-14-23(42-2)15-11-21)43-17-25-24(38)16-26(44-25)37-18-34-28(33)27-29(37)35-31(40)36-30(27)39/h3-15,18,24-26,33,38H,16-17H2,1-2H3,(H2,35,36,39,40)/t24-,25+,26+/m1/s1. The van der Waals surface area contributed by atoms with Gasteiger partial charge in [-0.3, -0.25) is 24.7 Å². The van der Waals surface area contributed by atoms with Gasteiger partial charge in [0.15, 0.2) is 5.49 Å². The third-order valence-corrected chi connectivity index (χ3v) is 7.88. The number of benzene rings is 3. The summed E-state index contributed by atoms with van der Waals surface area (Å²) in [7, 11) is 3.21. The van der Waals surface area contributed by atoms with E-state index in [1.807, 2.05) is 78.9 Å². The summed E-state index contributed by atoms with van der Waals surface area (Å²) in [4.78, 5) is 33.2. The van der Waals surface area contributed by atoms with E-state index in [0.29, 0.717) is 11.5 Å². The largest absolute Gasteiger partial charge is 0.497 e. The molecule has 1 fully saturated rings. The fraction of sp³-hybridized carbons (Fsp3) is 0.250. The molecule has 4 N–H and O–H groups in total. The van der Waals surface area contributed by atoms with E-state index in [2.05, 4.69) is 15.0 Å². The number of ether oxygens (including phenoxy) is 4. The normalized spacial score (nSPS) is 18.4. The van der Waals surface area contributed by atoms with Crippen LogP contribution in [0.1, 0.15) is 29.3 Å². The first-order valence-corrected chi connectivity index (χ1v) is 13.9. The summed E-state index contributed by atoms with van der Waals surface area (Å²) in [6.07, 6.45) is -1.09. The zero-order valence-electron chi connectivity index (χ0n) is 24.0. The van der Waals surface area contributed by atoms with Crippen LogP contribution < -0.4 is 26.2 Å². The van der Waals surface area contributed by atoms with Crippen LogP contribution in [0.4, 0.5) is 0 Å². The van der Waals surface area contributed by atoms with Crippen molar-refractivity contribution < 1.29 is 24.1 Å². The molecular formula is C32H31N5O7. The van der Waals surface area contributed by atoms with E-state index in [9.17, 15) is 14.7 Å². The molecule has 1 aliphatic rings. The summed E-state index contributed by atoms with van der Waals surface area (Å²) in [6, 6.07) is 25.0. The molecule has 226 valence electrons. The van der Waals surface area contributed by atoms with E-state index in [4.69, 9.17) is 24.4 Å². The van der Waals surface area contributed by atoms with Crippen molar-refractivity contribution in [1.29, 1.82) is 5.41 Å². The second-order valence-corrected chi connectivity index (χ2v) is 10.4. The van der Waals surface area contributed by atoms with E-state index < -0.39 is 35.3 Å². The van der Waals surface area contributed by atoms with E-state index in [1.165, 1.54) is 10.9 Å². The van der Waals surface area contributed by atoms with Crippen LogP contribution in [-0.2, 0) is 15.1 Å². The van der Waals surface area contributed by atoms with E-state index in [1.54, 1.807) is 14.2 Å². The van der Waals surface area contributed by atoms with Crippen LogP contribution in [0, 0.1) is 5.41 Å². The highest BCUT2D eigenvalue weighted by molar-refractivity contribution is 5.71. The van der Waals surface area contributed by atoms with Gasteiger partial charge in [0.2, 0.25) is 0 Å². The lowest BCUT2D eigenvalue weighted by atomic mass is 9.80. The Hall–Kier alpha value is -5.04. The summed E-state index contributed by atoms with van der Waals surface area (Å²) in [6.45, 7) is -0.0236. The molecule has 0 radical (unpaired) electrons. The monoisotopic (exact) mass is 597 g/mol. The van der Waals surface area contributed by atoms with Gasteiger partial charge in [0.05, 0.1) is 26.9 Å². The number of aliphatic hydroxyl groups excluding tert-OH is 1. The average Bonchev–Trinajstić information content (AvgIpc) is 3.42. The first-order valence-electron chi connectivity index (χ1n) is 13.9. The lowest BCUT2D eigenvalue weighted by Crippen LogP contribution is -2.38. The second-order valence-electron chi connectivity index (χ2n) is 10.4. The Kier molecular flexibility index (Phi) is 7.87. The number of aliphatic hydroxyl groups is 1. The molecule has 3 heterocycles. The van der Waals surface area contributed by atoms with Crippen LogP contribution in [0.25, 0.3) is 11.0 Å². The molecule has 0 bridgehead atoms. The fourth-order valence-corrected chi connectivity index (χ4v) is 5.67. The van der Waals surface area contributed by atoms with Crippen LogP contribution >= 0.6 is 0 Å². The molecular weight excluding hydrogens is 566 g/mol. The predicted molar refractivity (Wildman–Crippen MR) is 160 cm³/mol. The van der Waals surface area contributed by atoms with Gasteiger partial charge in [-0.15, -0.1) is 0 Å². The average molecular weight is 598 g/mol. The molecule has 3 atom stereocenters. The number of nitrogens with zero attached hydrogens (tertiary/aromatic N) is 2. The molecule has 12 nitrogen and oxygen atoms in total. The molecule has 5 aromatic rings. The number of hydrogen-bond donors (Lipinski definition) is 4. The molecule has 0 saturated carbocycles. The highest BCUT2D eigenvalue weighted by atomic mass is 16.6. The van der Waals surface area contributed by atoms with Crippen molar-refractivity contribution in [3.8, 4) is 11.5 Å². The van der Waals surface area contributed by atoms with Gasteiger partial charge in [-0.1, -0.05) is 54.6 Å². The highest BCUT2D eigenvalue weighted by Crippen LogP contribution is 2.42. The SMILES string of the molecule is COc1ccc(C(OC[C@@H]2O[C@H](n3cnc(=N)c4c(=O)[nH]c(=O)[nH]c43)C[C@H]2O)(c2ccccc2)c2ccc(OC)cc2)cc1. The lowest BCUT2D eigenvalue weighted by Gasteiger charge is -2.37. The number of hydrogen-bond acceptors (Lipinski definition) is 9. The summed E-state index contributed by atoms with van der Waals surface area (Å²) >= 11 is 0. The number of rotatable bonds is 9.